The molecule has 1 heterocycles. The fraction of sp³-hybridized carbons (Fsp3) is 0. The average molecular weight is 208 g/mol. The maximum absolute atomic E-state index is 5.51. The van der Waals surface area contributed by atoms with Crippen LogP contribution in [-0.2, 0) is 17.1 Å². The third kappa shape index (κ3) is 1.58. The van der Waals surface area contributed by atoms with Crippen LogP contribution in [0.2, 0.25) is 0 Å². The fourth-order valence-corrected chi connectivity index (χ4v) is 1.08. The van der Waals surface area contributed by atoms with Gasteiger partial charge in [-0.15, -0.1) is 0 Å². The van der Waals surface area contributed by atoms with Gasteiger partial charge in [-0.1, -0.05) is 18.2 Å². The Bertz CT molecular complexity index is 387. The molecule has 3 heteroatoms. The van der Waals surface area contributed by atoms with Crippen molar-refractivity contribution in [3.05, 3.63) is 36.4 Å². The van der Waals surface area contributed by atoms with Gasteiger partial charge in [-0.2, -0.15) is 0 Å². The Balaban J connectivity index is 0.000000720. The van der Waals surface area contributed by atoms with E-state index < -0.39 is 0 Å². The van der Waals surface area contributed by atoms with Crippen molar-refractivity contribution in [1.82, 2.24) is 4.98 Å². The Kier molecular flexibility index (Phi) is 2.69. The number of para-hydroxylation sites is 1. The van der Waals surface area contributed by atoms with Crippen LogP contribution in [-0.4, -0.2) is 4.98 Å². The van der Waals surface area contributed by atoms with Crippen molar-refractivity contribution in [3.8, 4) is 0 Å². The van der Waals surface area contributed by atoms with E-state index in [1.54, 1.807) is 0 Å². The molecule has 2 rings (SSSR count). The zero-order valence-corrected chi connectivity index (χ0v) is 7.23. The molecule has 0 unspecified atom stereocenters. The summed E-state index contributed by atoms with van der Waals surface area (Å²) < 4.78 is 0. The van der Waals surface area contributed by atoms with E-state index in [4.69, 9.17) is 5.73 Å². The summed E-state index contributed by atoms with van der Waals surface area (Å²) in [6.45, 7) is 0. The van der Waals surface area contributed by atoms with Crippen molar-refractivity contribution < 1.29 is 17.1 Å². The topological polar surface area (TPSA) is 38.9 Å². The van der Waals surface area contributed by atoms with Gasteiger partial charge in [-0.3, -0.25) is 0 Å². The number of nitrogens with two attached hydrogens (primary N) is 1. The van der Waals surface area contributed by atoms with E-state index in [-0.39, 0.29) is 17.1 Å². The van der Waals surface area contributed by atoms with Crippen LogP contribution in [0.25, 0.3) is 10.9 Å². The Hall–Kier alpha value is -1.05. The number of hydrogen-bond donors (Lipinski definition) is 1. The van der Waals surface area contributed by atoms with Crippen molar-refractivity contribution in [2.75, 3.05) is 5.73 Å². The Morgan fingerprint density at radius 2 is 1.75 bits per heavy atom. The maximum atomic E-state index is 5.51. The largest absolute Gasteiger partial charge is 0.384 e. The van der Waals surface area contributed by atoms with Gasteiger partial charge in [0.05, 0.1) is 5.52 Å². The average Bonchev–Trinajstić information content (AvgIpc) is 2.04. The molecule has 0 amide bonds. The molecule has 0 bridgehead atoms. The summed E-state index contributed by atoms with van der Waals surface area (Å²) in [7, 11) is 0. The van der Waals surface area contributed by atoms with Crippen LogP contribution in [0, 0.1) is 0 Å². The first kappa shape index (κ1) is 9.04. The van der Waals surface area contributed by atoms with E-state index in [0.29, 0.717) is 5.82 Å². The smallest absolute Gasteiger partial charge is 0.124 e. The van der Waals surface area contributed by atoms with Crippen molar-refractivity contribution >= 4 is 16.7 Å². The SMILES string of the molecule is Nc1ccc2ccccc2n1.[Cu]. The quantitative estimate of drug-likeness (QED) is 0.670. The molecule has 0 spiro atoms. The molecule has 0 saturated heterocycles. The Morgan fingerprint density at radius 1 is 1.00 bits per heavy atom. The molecular weight excluding hydrogens is 200 g/mol. The van der Waals surface area contributed by atoms with Crippen molar-refractivity contribution in [1.29, 1.82) is 0 Å². The van der Waals surface area contributed by atoms with Gasteiger partial charge < -0.3 is 5.73 Å². The minimum absolute atomic E-state index is 0. The van der Waals surface area contributed by atoms with Crippen LogP contribution in [0.5, 0.6) is 0 Å². The van der Waals surface area contributed by atoms with Gasteiger partial charge in [-0.05, 0) is 18.2 Å². The zero-order valence-electron chi connectivity index (χ0n) is 6.29. The molecule has 1 aromatic heterocycles. The number of aromatic nitrogens is 1. The number of nitrogens with zero attached hydrogens (tertiary/aromatic N) is 1. The molecule has 1 radical (unpaired) electrons. The molecule has 12 heavy (non-hydrogen) atoms. The molecule has 65 valence electrons. The summed E-state index contributed by atoms with van der Waals surface area (Å²) in [5, 5.41) is 1.13. The predicted molar refractivity (Wildman–Crippen MR) is 46.2 cm³/mol. The predicted octanol–water partition coefficient (Wildman–Crippen LogP) is 1.81. The first-order valence-electron chi connectivity index (χ1n) is 3.47. The monoisotopic (exact) mass is 207 g/mol. The third-order valence-electron chi connectivity index (χ3n) is 1.62. The summed E-state index contributed by atoms with van der Waals surface area (Å²) in [5.41, 5.74) is 6.46. The Morgan fingerprint density at radius 3 is 2.58 bits per heavy atom. The summed E-state index contributed by atoms with van der Waals surface area (Å²) >= 11 is 0. The summed E-state index contributed by atoms with van der Waals surface area (Å²) in [6.07, 6.45) is 0. The molecule has 2 aromatic rings. The molecular formula is C9H8CuN2. The molecule has 0 aliphatic rings. The van der Waals surface area contributed by atoms with Crippen LogP contribution >= 0.6 is 0 Å². The number of anilines is 1. The second kappa shape index (κ2) is 3.57. The van der Waals surface area contributed by atoms with Crippen LogP contribution < -0.4 is 5.73 Å². The maximum Gasteiger partial charge on any atom is 0.124 e. The van der Waals surface area contributed by atoms with E-state index in [1.165, 1.54) is 0 Å². The van der Waals surface area contributed by atoms with E-state index in [9.17, 15) is 0 Å². The number of hydrogen-bond acceptors (Lipinski definition) is 2. The second-order valence-corrected chi connectivity index (χ2v) is 2.43. The first-order valence-corrected chi connectivity index (χ1v) is 3.47. The molecule has 2 nitrogen and oxygen atoms in total. The van der Waals surface area contributed by atoms with Crippen LogP contribution in [0.15, 0.2) is 36.4 Å². The van der Waals surface area contributed by atoms with Gasteiger partial charge in [0.25, 0.3) is 0 Å². The number of nitrogen functional groups attached to an aromatic ring is 1. The molecule has 0 fully saturated rings. The number of pyridine rings is 1. The van der Waals surface area contributed by atoms with Crippen LogP contribution in [0.3, 0.4) is 0 Å². The van der Waals surface area contributed by atoms with Gasteiger partial charge in [-0.25, -0.2) is 4.98 Å². The van der Waals surface area contributed by atoms with Crippen molar-refractivity contribution in [2.24, 2.45) is 0 Å². The number of fused-ring (bicyclic) bond motifs is 1. The van der Waals surface area contributed by atoms with Gasteiger partial charge in [0, 0.05) is 22.5 Å². The summed E-state index contributed by atoms with van der Waals surface area (Å²) in [5.74, 6) is 0.573. The van der Waals surface area contributed by atoms with Gasteiger partial charge in [0.1, 0.15) is 5.82 Å². The van der Waals surface area contributed by atoms with Gasteiger partial charge in [0.2, 0.25) is 0 Å². The van der Waals surface area contributed by atoms with E-state index >= 15 is 0 Å². The van der Waals surface area contributed by atoms with Crippen LogP contribution in [0.1, 0.15) is 0 Å². The second-order valence-electron chi connectivity index (χ2n) is 2.43. The molecule has 0 saturated carbocycles. The fourth-order valence-electron chi connectivity index (χ4n) is 1.08. The summed E-state index contributed by atoms with van der Waals surface area (Å²) in [4.78, 5) is 4.15. The third-order valence-corrected chi connectivity index (χ3v) is 1.62. The zero-order chi connectivity index (χ0) is 7.68. The van der Waals surface area contributed by atoms with E-state index in [2.05, 4.69) is 4.98 Å². The van der Waals surface area contributed by atoms with Crippen molar-refractivity contribution in [3.63, 3.8) is 0 Å². The van der Waals surface area contributed by atoms with E-state index in [0.717, 1.165) is 10.9 Å². The molecule has 2 N–H and O–H groups in total. The Labute approximate surface area is 81.3 Å². The minimum Gasteiger partial charge on any atom is -0.384 e. The normalized spacial score (nSPS) is 9.33. The molecule has 0 aliphatic heterocycles. The molecule has 0 aliphatic carbocycles. The summed E-state index contributed by atoms with van der Waals surface area (Å²) in [6, 6.07) is 11.7. The van der Waals surface area contributed by atoms with Crippen LogP contribution in [0.4, 0.5) is 5.82 Å². The molecule has 0 atom stereocenters. The standard InChI is InChI=1S/C9H8N2.Cu/c10-9-6-5-7-3-1-2-4-8(7)11-9;/h1-6H,(H2,10,11);. The molecule has 1 aromatic carbocycles. The number of rotatable bonds is 0. The van der Waals surface area contributed by atoms with E-state index in [1.807, 2.05) is 36.4 Å². The first-order chi connectivity index (χ1) is 5.36. The minimum atomic E-state index is 0. The van der Waals surface area contributed by atoms with Gasteiger partial charge in [0.15, 0.2) is 0 Å². The number of benzene rings is 1. The van der Waals surface area contributed by atoms with Crippen molar-refractivity contribution in [2.45, 2.75) is 0 Å². The van der Waals surface area contributed by atoms with Gasteiger partial charge >= 0.3 is 0 Å².